The first-order valence-corrected chi connectivity index (χ1v) is 8.58. The molecular formula is C20H22N2O4. The predicted molar refractivity (Wildman–Crippen MR) is 98.2 cm³/mol. The van der Waals surface area contributed by atoms with Crippen LogP contribution in [0.5, 0.6) is 5.75 Å². The standard InChI is InChI=1S/C20H22N2O4/c1-4-26-13-7-5-12(6-8-13)22-16-10-20(2,3)11-17(23)14(16)9-15(18(21)24)19(22)25/h5-9H,4,10-11H2,1-3H3,(H2,21,24). The molecule has 1 aliphatic rings. The molecule has 1 heterocycles. The van der Waals surface area contributed by atoms with Gasteiger partial charge in [-0.3, -0.25) is 19.0 Å². The maximum Gasteiger partial charge on any atom is 0.268 e. The van der Waals surface area contributed by atoms with E-state index in [2.05, 4.69) is 0 Å². The van der Waals surface area contributed by atoms with Crippen LogP contribution in [0.3, 0.4) is 0 Å². The lowest BCUT2D eigenvalue weighted by Crippen LogP contribution is -2.37. The van der Waals surface area contributed by atoms with Gasteiger partial charge < -0.3 is 10.5 Å². The summed E-state index contributed by atoms with van der Waals surface area (Å²) in [5, 5.41) is 0. The fraction of sp³-hybridized carbons (Fsp3) is 0.350. The summed E-state index contributed by atoms with van der Waals surface area (Å²) in [6, 6.07) is 8.34. The zero-order valence-electron chi connectivity index (χ0n) is 15.2. The van der Waals surface area contributed by atoms with E-state index >= 15 is 0 Å². The van der Waals surface area contributed by atoms with Crippen LogP contribution in [0.4, 0.5) is 0 Å². The number of nitrogens with zero attached hydrogens (tertiary/aromatic N) is 1. The first-order chi connectivity index (χ1) is 12.2. The lowest BCUT2D eigenvalue weighted by Gasteiger charge is -2.32. The molecule has 1 amide bonds. The maximum absolute atomic E-state index is 12.9. The normalized spacial score (nSPS) is 15.4. The molecule has 6 heteroatoms. The molecule has 0 saturated heterocycles. The van der Waals surface area contributed by atoms with E-state index < -0.39 is 11.5 Å². The number of primary amides is 1. The van der Waals surface area contributed by atoms with E-state index in [1.165, 1.54) is 10.6 Å². The molecule has 0 fully saturated rings. The van der Waals surface area contributed by atoms with Crippen LogP contribution in [0.1, 0.15) is 53.6 Å². The fourth-order valence-electron chi connectivity index (χ4n) is 3.42. The van der Waals surface area contributed by atoms with Crippen LogP contribution in [0.2, 0.25) is 0 Å². The Bertz CT molecular complexity index is 940. The monoisotopic (exact) mass is 354 g/mol. The number of fused-ring (bicyclic) bond motifs is 1. The highest BCUT2D eigenvalue weighted by atomic mass is 16.5. The zero-order valence-corrected chi connectivity index (χ0v) is 15.2. The molecule has 0 saturated carbocycles. The Morgan fingerprint density at radius 1 is 1.19 bits per heavy atom. The summed E-state index contributed by atoms with van der Waals surface area (Å²) >= 11 is 0. The van der Waals surface area contributed by atoms with E-state index in [0.29, 0.717) is 42.1 Å². The van der Waals surface area contributed by atoms with Gasteiger partial charge in [0.1, 0.15) is 11.3 Å². The SMILES string of the molecule is CCOc1ccc(-n2c3c(cc(C(N)=O)c2=O)C(=O)CC(C)(C)C3)cc1. The highest BCUT2D eigenvalue weighted by Gasteiger charge is 2.34. The minimum Gasteiger partial charge on any atom is -0.494 e. The number of pyridine rings is 1. The van der Waals surface area contributed by atoms with Crippen molar-refractivity contribution in [3.8, 4) is 11.4 Å². The smallest absolute Gasteiger partial charge is 0.268 e. The maximum atomic E-state index is 12.9. The fourth-order valence-corrected chi connectivity index (χ4v) is 3.42. The van der Waals surface area contributed by atoms with Crippen LogP contribution in [0.15, 0.2) is 35.1 Å². The van der Waals surface area contributed by atoms with E-state index in [4.69, 9.17) is 10.5 Å². The molecule has 0 radical (unpaired) electrons. The van der Waals surface area contributed by atoms with Crippen molar-refractivity contribution in [2.75, 3.05) is 6.61 Å². The molecule has 0 bridgehead atoms. The van der Waals surface area contributed by atoms with E-state index in [0.717, 1.165) is 0 Å². The summed E-state index contributed by atoms with van der Waals surface area (Å²) in [7, 11) is 0. The Hall–Kier alpha value is -2.89. The Morgan fingerprint density at radius 3 is 2.42 bits per heavy atom. The van der Waals surface area contributed by atoms with Crippen molar-refractivity contribution >= 4 is 11.7 Å². The van der Waals surface area contributed by atoms with Gasteiger partial charge in [-0.25, -0.2) is 0 Å². The molecule has 0 unspecified atom stereocenters. The highest BCUT2D eigenvalue weighted by molar-refractivity contribution is 6.02. The third-order valence-corrected chi connectivity index (χ3v) is 4.56. The molecule has 1 aromatic heterocycles. The first kappa shape index (κ1) is 17.9. The van der Waals surface area contributed by atoms with Crippen molar-refractivity contribution in [2.24, 2.45) is 11.1 Å². The Kier molecular flexibility index (Phi) is 4.44. The minimum atomic E-state index is -0.838. The van der Waals surface area contributed by atoms with Gasteiger partial charge in [0, 0.05) is 23.4 Å². The number of benzene rings is 1. The number of rotatable bonds is 4. The van der Waals surface area contributed by atoms with Gasteiger partial charge in [0.25, 0.3) is 11.5 Å². The summed E-state index contributed by atoms with van der Waals surface area (Å²) in [5.41, 5.74) is 6.01. The van der Waals surface area contributed by atoms with Gasteiger partial charge in [-0.1, -0.05) is 13.8 Å². The molecule has 3 rings (SSSR count). The van der Waals surface area contributed by atoms with Crippen molar-refractivity contribution in [1.29, 1.82) is 0 Å². The van der Waals surface area contributed by atoms with Gasteiger partial charge in [0.2, 0.25) is 0 Å². The number of hydrogen-bond donors (Lipinski definition) is 1. The first-order valence-electron chi connectivity index (χ1n) is 8.58. The third-order valence-electron chi connectivity index (χ3n) is 4.56. The van der Waals surface area contributed by atoms with Crippen LogP contribution in [0.25, 0.3) is 5.69 Å². The van der Waals surface area contributed by atoms with Crippen molar-refractivity contribution in [2.45, 2.75) is 33.6 Å². The number of nitrogens with two attached hydrogens (primary N) is 1. The summed E-state index contributed by atoms with van der Waals surface area (Å²) < 4.78 is 6.87. The van der Waals surface area contributed by atoms with Crippen LogP contribution >= 0.6 is 0 Å². The summed E-state index contributed by atoms with van der Waals surface area (Å²) in [6.45, 7) is 6.40. The lowest BCUT2D eigenvalue weighted by molar-refractivity contribution is 0.0909. The number of amides is 1. The van der Waals surface area contributed by atoms with Crippen molar-refractivity contribution < 1.29 is 14.3 Å². The van der Waals surface area contributed by atoms with Crippen LogP contribution in [0, 0.1) is 5.41 Å². The van der Waals surface area contributed by atoms with Gasteiger partial charge >= 0.3 is 0 Å². The summed E-state index contributed by atoms with van der Waals surface area (Å²) in [6.07, 6.45) is 0.912. The highest BCUT2D eigenvalue weighted by Crippen LogP contribution is 2.35. The number of carbonyl (C=O) groups is 2. The topological polar surface area (TPSA) is 91.4 Å². The largest absolute Gasteiger partial charge is 0.494 e. The van der Waals surface area contributed by atoms with E-state index in [-0.39, 0.29) is 16.8 Å². The van der Waals surface area contributed by atoms with Gasteiger partial charge in [-0.2, -0.15) is 0 Å². The van der Waals surface area contributed by atoms with E-state index in [1.54, 1.807) is 24.3 Å². The minimum absolute atomic E-state index is 0.0848. The average molecular weight is 354 g/mol. The molecule has 0 atom stereocenters. The number of aromatic nitrogens is 1. The zero-order chi connectivity index (χ0) is 19.1. The second kappa shape index (κ2) is 6.44. The lowest BCUT2D eigenvalue weighted by atomic mass is 9.75. The average Bonchev–Trinajstić information content (AvgIpc) is 2.54. The third kappa shape index (κ3) is 3.14. The van der Waals surface area contributed by atoms with E-state index in [9.17, 15) is 14.4 Å². The van der Waals surface area contributed by atoms with Crippen LogP contribution in [-0.4, -0.2) is 22.9 Å². The van der Waals surface area contributed by atoms with E-state index in [1.807, 2.05) is 20.8 Å². The molecule has 2 N–H and O–H groups in total. The van der Waals surface area contributed by atoms with Gasteiger partial charge in [0.15, 0.2) is 5.78 Å². The van der Waals surface area contributed by atoms with Crippen molar-refractivity contribution in [1.82, 2.24) is 4.57 Å². The second-order valence-corrected chi connectivity index (χ2v) is 7.29. The molecule has 0 aliphatic heterocycles. The van der Waals surface area contributed by atoms with Gasteiger partial charge in [-0.05, 0) is 49.1 Å². The molecule has 1 aromatic carbocycles. The molecule has 1 aliphatic carbocycles. The predicted octanol–water partition coefficient (Wildman–Crippen LogP) is 2.49. The molecule has 136 valence electrons. The Morgan fingerprint density at radius 2 is 1.85 bits per heavy atom. The molecule has 26 heavy (non-hydrogen) atoms. The number of carbonyl (C=O) groups excluding carboxylic acids is 2. The molecule has 6 nitrogen and oxygen atoms in total. The quantitative estimate of drug-likeness (QED) is 0.913. The van der Waals surface area contributed by atoms with Crippen LogP contribution in [-0.2, 0) is 6.42 Å². The Balaban J connectivity index is 2.27. The van der Waals surface area contributed by atoms with Gasteiger partial charge in [-0.15, -0.1) is 0 Å². The Labute approximate surface area is 151 Å². The summed E-state index contributed by atoms with van der Waals surface area (Å²) in [4.78, 5) is 37.3. The number of ether oxygens (including phenoxy) is 1. The molecule has 2 aromatic rings. The van der Waals surface area contributed by atoms with Crippen molar-refractivity contribution in [3.05, 3.63) is 57.5 Å². The molecular weight excluding hydrogens is 332 g/mol. The van der Waals surface area contributed by atoms with Gasteiger partial charge in [0.05, 0.1) is 6.61 Å². The van der Waals surface area contributed by atoms with Crippen molar-refractivity contribution in [3.63, 3.8) is 0 Å². The number of ketones is 1. The number of hydrogen-bond acceptors (Lipinski definition) is 4. The number of Topliss-reactive ketones (excluding diaryl/α,β-unsaturated/α-hetero) is 1. The summed E-state index contributed by atoms with van der Waals surface area (Å²) in [5.74, 6) is -0.241. The molecule has 0 spiro atoms. The second-order valence-electron chi connectivity index (χ2n) is 7.29. The van der Waals surface area contributed by atoms with Crippen LogP contribution < -0.4 is 16.0 Å².